The quantitative estimate of drug-likeness (QED) is 0.768. The minimum atomic E-state index is 0.792. The normalized spacial score (nSPS) is 16.7. The highest BCUT2D eigenvalue weighted by molar-refractivity contribution is 5.29. The second kappa shape index (κ2) is 6.56. The standard InChI is InChI=1S/C13H22N4O/c1-3-5-17-11-12(2)15-13(17)14-4-6-16-7-9-18-10-8-16/h3,11H,1,4-10H2,2H3,(H,14,15). The minimum Gasteiger partial charge on any atom is -0.379 e. The molecule has 1 aromatic rings. The van der Waals surface area contributed by atoms with Crippen LogP contribution in [0.5, 0.6) is 0 Å². The number of imidazole rings is 1. The van der Waals surface area contributed by atoms with Crippen molar-refractivity contribution < 1.29 is 4.74 Å². The Bertz CT molecular complexity index is 382. The van der Waals surface area contributed by atoms with Crippen LogP contribution in [0.3, 0.4) is 0 Å². The molecular weight excluding hydrogens is 228 g/mol. The molecule has 1 aliphatic rings. The second-order valence-corrected chi connectivity index (χ2v) is 4.53. The summed E-state index contributed by atoms with van der Waals surface area (Å²) in [5, 5.41) is 3.39. The van der Waals surface area contributed by atoms with Crippen molar-refractivity contribution in [2.24, 2.45) is 0 Å². The summed E-state index contributed by atoms with van der Waals surface area (Å²) >= 11 is 0. The van der Waals surface area contributed by atoms with Crippen molar-refractivity contribution in [1.29, 1.82) is 0 Å². The molecule has 1 N–H and O–H groups in total. The molecule has 0 bridgehead atoms. The molecule has 0 saturated carbocycles. The van der Waals surface area contributed by atoms with Gasteiger partial charge in [0.15, 0.2) is 0 Å². The van der Waals surface area contributed by atoms with Crippen molar-refractivity contribution in [3.63, 3.8) is 0 Å². The molecule has 0 aliphatic carbocycles. The van der Waals surface area contributed by atoms with Crippen LogP contribution in [0.15, 0.2) is 18.9 Å². The Kier molecular flexibility index (Phi) is 4.78. The Balaban J connectivity index is 1.79. The van der Waals surface area contributed by atoms with Gasteiger partial charge in [0.1, 0.15) is 0 Å². The van der Waals surface area contributed by atoms with Gasteiger partial charge in [-0.15, -0.1) is 6.58 Å². The number of aromatic nitrogens is 2. The number of nitrogens with one attached hydrogen (secondary N) is 1. The third-order valence-corrected chi connectivity index (χ3v) is 3.04. The van der Waals surface area contributed by atoms with Gasteiger partial charge in [-0.1, -0.05) is 6.08 Å². The summed E-state index contributed by atoms with van der Waals surface area (Å²) in [4.78, 5) is 6.88. The monoisotopic (exact) mass is 250 g/mol. The summed E-state index contributed by atoms with van der Waals surface area (Å²) in [7, 11) is 0. The molecule has 1 saturated heterocycles. The molecule has 0 amide bonds. The van der Waals surface area contributed by atoms with Crippen molar-refractivity contribution >= 4 is 5.95 Å². The van der Waals surface area contributed by atoms with E-state index in [4.69, 9.17) is 4.74 Å². The number of allylic oxidation sites excluding steroid dienone is 1. The maximum atomic E-state index is 5.33. The van der Waals surface area contributed by atoms with Crippen LogP contribution in [-0.2, 0) is 11.3 Å². The number of anilines is 1. The molecule has 2 rings (SSSR count). The fourth-order valence-electron chi connectivity index (χ4n) is 2.12. The summed E-state index contributed by atoms with van der Waals surface area (Å²) in [5.41, 5.74) is 1.03. The Morgan fingerprint density at radius 3 is 3.00 bits per heavy atom. The van der Waals surface area contributed by atoms with E-state index in [1.54, 1.807) is 0 Å². The molecule has 1 fully saturated rings. The third-order valence-electron chi connectivity index (χ3n) is 3.04. The molecule has 0 aromatic carbocycles. The lowest BCUT2D eigenvalue weighted by atomic mass is 10.4. The third kappa shape index (κ3) is 3.58. The first-order valence-corrected chi connectivity index (χ1v) is 6.48. The molecule has 0 spiro atoms. The van der Waals surface area contributed by atoms with E-state index in [0.29, 0.717) is 0 Å². The number of hydrogen-bond acceptors (Lipinski definition) is 4. The lowest BCUT2D eigenvalue weighted by Crippen LogP contribution is -2.39. The lowest BCUT2D eigenvalue weighted by molar-refractivity contribution is 0.0398. The Labute approximate surface area is 108 Å². The van der Waals surface area contributed by atoms with Gasteiger partial charge in [-0.25, -0.2) is 4.98 Å². The molecule has 1 aliphatic heterocycles. The van der Waals surface area contributed by atoms with Crippen molar-refractivity contribution in [2.75, 3.05) is 44.7 Å². The summed E-state index contributed by atoms with van der Waals surface area (Å²) in [5.74, 6) is 0.931. The summed E-state index contributed by atoms with van der Waals surface area (Å²) in [6.07, 6.45) is 3.92. The number of morpholine rings is 1. The molecule has 0 unspecified atom stereocenters. The van der Waals surface area contributed by atoms with E-state index in [0.717, 1.165) is 57.6 Å². The molecule has 18 heavy (non-hydrogen) atoms. The van der Waals surface area contributed by atoms with Gasteiger partial charge in [0, 0.05) is 38.9 Å². The van der Waals surface area contributed by atoms with E-state index < -0.39 is 0 Å². The molecule has 0 atom stereocenters. The fourth-order valence-corrected chi connectivity index (χ4v) is 2.12. The van der Waals surface area contributed by atoms with Crippen LogP contribution in [0, 0.1) is 6.92 Å². The van der Waals surface area contributed by atoms with Crippen molar-refractivity contribution in [3.8, 4) is 0 Å². The van der Waals surface area contributed by atoms with Gasteiger partial charge in [0.05, 0.1) is 18.9 Å². The first kappa shape index (κ1) is 13.1. The van der Waals surface area contributed by atoms with Crippen molar-refractivity contribution in [1.82, 2.24) is 14.5 Å². The first-order chi connectivity index (χ1) is 8.79. The number of rotatable bonds is 6. The highest BCUT2D eigenvalue weighted by Crippen LogP contribution is 2.08. The molecule has 100 valence electrons. The summed E-state index contributed by atoms with van der Waals surface area (Å²) in [6, 6.07) is 0. The smallest absolute Gasteiger partial charge is 0.203 e. The Morgan fingerprint density at radius 2 is 2.28 bits per heavy atom. The van der Waals surface area contributed by atoms with Crippen LogP contribution in [0.1, 0.15) is 5.69 Å². The van der Waals surface area contributed by atoms with E-state index in [1.807, 2.05) is 19.2 Å². The number of ether oxygens (including phenoxy) is 1. The molecule has 2 heterocycles. The van der Waals surface area contributed by atoms with Gasteiger partial charge in [-0.2, -0.15) is 0 Å². The zero-order valence-corrected chi connectivity index (χ0v) is 11.1. The van der Waals surface area contributed by atoms with Crippen LogP contribution in [0.2, 0.25) is 0 Å². The molecular formula is C13H22N4O. The van der Waals surface area contributed by atoms with E-state index in [1.165, 1.54) is 0 Å². The van der Waals surface area contributed by atoms with Crippen LogP contribution < -0.4 is 5.32 Å². The maximum absolute atomic E-state index is 5.33. The largest absolute Gasteiger partial charge is 0.379 e. The summed E-state index contributed by atoms with van der Waals surface area (Å²) in [6.45, 7) is 12.3. The van der Waals surface area contributed by atoms with Crippen LogP contribution in [0.4, 0.5) is 5.95 Å². The fraction of sp³-hybridized carbons (Fsp3) is 0.615. The van der Waals surface area contributed by atoms with Crippen molar-refractivity contribution in [2.45, 2.75) is 13.5 Å². The predicted molar refractivity (Wildman–Crippen MR) is 72.9 cm³/mol. The highest BCUT2D eigenvalue weighted by Gasteiger charge is 2.10. The van der Waals surface area contributed by atoms with Gasteiger partial charge in [0.2, 0.25) is 5.95 Å². The molecule has 0 radical (unpaired) electrons. The van der Waals surface area contributed by atoms with Crippen LogP contribution in [-0.4, -0.2) is 53.8 Å². The maximum Gasteiger partial charge on any atom is 0.203 e. The van der Waals surface area contributed by atoms with Crippen LogP contribution in [0.25, 0.3) is 0 Å². The zero-order chi connectivity index (χ0) is 12.8. The number of hydrogen-bond donors (Lipinski definition) is 1. The van der Waals surface area contributed by atoms with E-state index in [2.05, 4.69) is 26.3 Å². The lowest BCUT2D eigenvalue weighted by Gasteiger charge is -2.26. The van der Waals surface area contributed by atoms with E-state index >= 15 is 0 Å². The highest BCUT2D eigenvalue weighted by atomic mass is 16.5. The summed E-state index contributed by atoms with van der Waals surface area (Å²) < 4.78 is 7.41. The van der Waals surface area contributed by atoms with Gasteiger partial charge in [0.25, 0.3) is 0 Å². The first-order valence-electron chi connectivity index (χ1n) is 6.48. The SMILES string of the molecule is C=CCn1cc(C)nc1NCCN1CCOCC1. The van der Waals surface area contributed by atoms with Crippen molar-refractivity contribution in [3.05, 3.63) is 24.5 Å². The number of aryl methyl sites for hydroxylation is 1. The predicted octanol–water partition coefficient (Wildman–Crippen LogP) is 1.12. The second-order valence-electron chi connectivity index (χ2n) is 4.53. The van der Waals surface area contributed by atoms with E-state index in [9.17, 15) is 0 Å². The topological polar surface area (TPSA) is 42.3 Å². The van der Waals surface area contributed by atoms with Crippen LogP contribution >= 0.6 is 0 Å². The molecule has 5 heteroatoms. The van der Waals surface area contributed by atoms with Gasteiger partial charge in [-0.3, -0.25) is 4.90 Å². The Hall–Kier alpha value is -1.33. The van der Waals surface area contributed by atoms with E-state index in [-0.39, 0.29) is 0 Å². The molecule has 1 aromatic heterocycles. The molecule has 5 nitrogen and oxygen atoms in total. The average molecular weight is 250 g/mol. The zero-order valence-electron chi connectivity index (χ0n) is 11.1. The Morgan fingerprint density at radius 1 is 1.50 bits per heavy atom. The van der Waals surface area contributed by atoms with Gasteiger partial charge >= 0.3 is 0 Å². The average Bonchev–Trinajstić information content (AvgIpc) is 2.72. The number of nitrogens with zero attached hydrogens (tertiary/aromatic N) is 3. The van der Waals surface area contributed by atoms with Gasteiger partial charge < -0.3 is 14.6 Å². The minimum absolute atomic E-state index is 0.792. The van der Waals surface area contributed by atoms with Gasteiger partial charge in [-0.05, 0) is 6.92 Å².